The minimum absolute atomic E-state index is 0.185. The normalized spacial score (nSPS) is 20.4. The van der Waals surface area contributed by atoms with Crippen LogP contribution < -0.4 is 0 Å². The molecule has 1 amide bonds. The summed E-state index contributed by atoms with van der Waals surface area (Å²) in [5.41, 5.74) is 3.03. The number of amides is 1. The third-order valence-corrected chi connectivity index (χ3v) is 4.09. The first-order valence-electron chi connectivity index (χ1n) is 6.09. The molecule has 1 saturated heterocycles. The zero-order valence-corrected chi connectivity index (χ0v) is 12.0. The number of nitrogens with zero attached hydrogens (tertiary/aromatic N) is 1. The fraction of sp³-hybridized carbons (Fsp3) is 0.500. The number of hydrogen-bond donors (Lipinski definition) is 0. The number of hydrogen-bond acceptors (Lipinski definition) is 1. The summed E-state index contributed by atoms with van der Waals surface area (Å²) in [5.74, 6) is 0.185. The molecule has 0 aromatic heterocycles. The van der Waals surface area contributed by atoms with Crippen LogP contribution in [-0.4, -0.2) is 28.7 Å². The number of halogens is 1. The summed E-state index contributed by atoms with van der Waals surface area (Å²) in [6.07, 6.45) is 2.25. The molecule has 3 heteroatoms. The van der Waals surface area contributed by atoms with Gasteiger partial charge in [0.1, 0.15) is 0 Å². The number of aryl methyl sites for hydroxylation is 2. The molecule has 1 unspecified atom stereocenters. The summed E-state index contributed by atoms with van der Waals surface area (Å²) in [4.78, 5) is 14.9. The van der Waals surface area contributed by atoms with Crippen LogP contribution in [0.25, 0.3) is 0 Å². The van der Waals surface area contributed by atoms with Crippen molar-refractivity contribution in [1.82, 2.24) is 4.90 Å². The predicted molar refractivity (Wildman–Crippen MR) is 73.8 cm³/mol. The van der Waals surface area contributed by atoms with Gasteiger partial charge in [0.05, 0.1) is 0 Å². The van der Waals surface area contributed by atoms with E-state index in [4.69, 9.17) is 0 Å². The third kappa shape index (κ3) is 2.71. The van der Waals surface area contributed by atoms with Crippen molar-refractivity contribution in [2.45, 2.75) is 31.5 Å². The number of carbonyl (C=O) groups excluding carboxylic acids is 1. The largest absolute Gasteiger partial charge is 0.338 e. The summed E-state index contributed by atoms with van der Waals surface area (Å²) in [7, 11) is 0. The lowest BCUT2D eigenvalue weighted by Gasteiger charge is -2.31. The second kappa shape index (κ2) is 5.21. The van der Waals surface area contributed by atoms with Gasteiger partial charge in [-0.2, -0.15) is 0 Å². The Hall–Kier alpha value is -0.830. The lowest BCUT2D eigenvalue weighted by Crippen LogP contribution is -2.40. The van der Waals surface area contributed by atoms with E-state index in [1.54, 1.807) is 0 Å². The number of likely N-dealkylation sites (tertiary alicyclic amines) is 1. The van der Waals surface area contributed by atoms with Gasteiger partial charge in [-0.1, -0.05) is 34.1 Å². The van der Waals surface area contributed by atoms with E-state index in [9.17, 15) is 4.79 Å². The highest BCUT2D eigenvalue weighted by Crippen LogP contribution is 2.21. The molecule has 1 fully saturated rings. The topological polar surface area (TPSA) is 20.3 Å². The van der Waals surface area contributed by atoms with E-state index >= 15 is 0 Å². The molecule has 2 nitrogen and oxygen atoms in total. The van der Waals surface area contributed by atoms with Crippen LogP contribution in [0, 0.1) is 13.8 Å². The number of alkyl halides is 1. The maximum absolute atomic E-state index is 12.5. The van der Waals surface area contributed by atoms with Crippen LogP contribution in [0.3, 0.4) is 0 Å². The molecule has 1 aromatic carbocycles. The minimum atomic E-state index is 0.185. The van der Waals surface area contributed by atoms with E-state index in [1.165, 1.54) is 0 Å². The van der Waals surface area contributed by atoms with Gasteiger partial charge in [0.25, 0.3) is 5.91 Å². The maximum atomic E-state index is 12.5. The van der Waals surface area contributed by atoms with Crippen molar-refractivity contribution in [1.29, 1.82) is 0 Å². The molecule has 0 spiro atoms. The van der Waals surface area contributed by atoms with Crippen molar-refractivity contribution < 1.29 is 4.79 Å². The lowest BCUT2D eigenvalue weighted by atomic mass is 10.0. The molecule has 0 saturated carbocycles. The Bertz CT molecular complexity index is 410. The molecule has 17 heavy (non-hydrogen) atoms. The first-order chi connectivity index (χ1) is 8.09. The zero-order valence-electron chi connectivity index (χ0n) is 10.4. The number of rotatable bonds is 1. The molecule has 0 N–H and O–H groups in total. The van der Waals surface area contributed by atoms with E-state index in [0.29, 0.717) is 4.83 Å². The second-order valence-electron chi connectivity index (χ2n) is 4.76. The van der Waals surface area contributed by atoms with Crippen LogP contribution in [-0.2, 0) is 0 Å². The Morgan fingerprint density at radius 2 is 2.00 bits per heavy atom. The molecule has 0 bridgehead atoms. The van der Waals surface area contributed by atoms with E-state index in [0.717, 1.165) is 42.6 Å². The van der Waals surface area contributed by atoms with Gasteiger partial charge in [0, 0.05) is 23.5 Å². The van der Waals surface area contributed by atoms with Crippen LogP contribution in [0.2, 0.25) is 0 Å². The Balaban J connectivity index is 2.24. The standard InChI is InChI=1S/C14H18BrNO/c1-10-5-3-6-11(2)13(10)14(17)16-8-4-7-12(15)9-16/h3,5-6,12H,4,7-9H2,1-2H3. The Morgan fingerprint density at radius 1 is 1.35 bits per heavy atom. The van der Waals surface area contributed by atoms with E-state index in [1.807, 2.05) is 36.9 Å². The van der Waals surface area contributed by atoms with Gasteiger partial charge >= 0.3 is 0 Å². The van der Waals surface area contributed by atoms with Crippen LogP contribution in [0.5, 0.6) is 0 Å². The van der Waals surface area contributed by atoms with Crippen molar-refractivity contribution in [3.8, 4) is 0 Å². The molecule has 1 aliphatic rings. The molecule has 1 heterocycles. The van der Waals surface area contributed by atoms with E-state index < -0.39 is 0 Å². The van der Waals surface area contributed by atoms with Crippen molar-refractivity contribution in [2.24, 2.45) is 0 Å². The fourth-order valence-electron chi connectivity index (χ4n) is 2.42. The highest BCUT2D eigenvalue weighted by atomic mass is 79.9. The van der Waals surface area contributed by atoms with Crippen molar-refractivity contribution in [3.05, 3.63) is 34.9 Å². The van der Waals surface area contributed by atoms with Crippen molar-refractivity contribution in [3.63, 3.8) is 0 Å². The van der Waals surface area contributed by atoms with Gasteiger partial charge in [-0.05, 0) is 37.8 Å². The molecular weight excluding hydrogens is 278 g/mol. The molecule has 0 radical (unpaired) electrons. The highest BCUT2D eigenvalue weighted by Gasteiger charge is 2.24. The maximum Gasteiger partial charge on any atom is 0.254 e. The number of carbonyl (C=O) groups is 1. The SMILES string of the molecule is Cc1cccc(C)c1C(=O)N1CCCC(Br)C1. The molecule has 1 aromatic rings. The van der Waals surface area contributed by atoms with Crippen molar-refractivity contribution in [2.75, 3.05) is 13.1 Å². The summed E-state index contributed by atoms with van der Waals surface area (Å²) < 4.78 is 0. The molecule has 92 valence electrons. The average Bonchev–Trinajstić information content (AvgIpc) is 2.28. The summed E-state index contributed by atoms with van der Waals surface area (Å²) >= 11 is 3.61. The monoisotopic (exact) mass is 295 g/mol. The van der Waals surface area contributed by atoms with Gasteiger partial charge in [-0.15, -0.1) is 0 Å². The molecule has 0 aliphatic carbocycles. The third-order valence-electron chi connectivity index (χ3n) is 3.35. The summed E-state index contributed by atoms with van der Waals surface area (Å²) in [6.45, 7) is 5.73. The van der Waals surface area contributed by atoms with Gasteiger partial charge in [-0.3, -0.25) is 4.79 Å². The van der Waals surface area contributed by atoms with E-state index in [-0.39, 0.29) is 5.91 Å². The Morgan fingerprint density at radius 3 is 2.59 bits per heavy atom. The van der Waals surface area contributed by atoms with Crippen LogP contribution >= 0.6 is 15.9 Å². The second-order valence-corrected chi connectivity index (χ2v) is 6.05. The number of piperidine rings is 1. The zero-order chi connectivity index (χ0) is 12.4. The fourth-order valence-corrected chi connectivity index (χ4v) is 3.09. The van der Waals surface area contributed by atoms with Gasteiger partial charge in [0.2, 0.25) is 0 Å². The summed E-state index contributed by atoms with van der Waals surface area (Å²) in [6, 6.07) is 6.02. The molecule has 1 atom stereocenters. The average molecular weight is 296 g/mol. The van der Waals surface area contributed by atoms with Crippen LogP contribution in [0.1, 0.15) is 34.3 Å². The van der Waals surface area contributed by atoms with Gasteiger partial charge < -0.3 is 4.90 Å². The Kier molecular flexibility index (Phi) is 3.87. The van der Waals surface area contributed by atoms with Gasteiger partial charge in [-0.25, -0.2) is 0 Å². The molecule has 1 aliphatic heterocycles. The summed E-state index contributed by atoms with van der Waals surface area (Å²) in [5, 5.41) is 0. The predicted octanol–water partition coefficient (Wildman–Crippen LogP) is 3.30. The minimum Gasteiger partial charge on any atom is -0.338 e. The van der Waals surface area contributed by atoms with Crippen molar-refractivity contribution >= 4 is 21.8 Å². The van der Waals surface area contributed by atoms with Gasteiger partial charge in [0.15, 0.2) is 0 Å². The Labute approximate surface area is 111 Å². The smallest absolute Gasteiger partial charge is 0.254 e. The highest BCUT2D eigenvalue weighted by molar-refractivity contribution is 9.09. The molecular formula is C14H18BrNO. The molecule has 2 rings (SSSR count). The van der Waals surface area contributed by atoms with Crippen LogP contribution in [0.15, 0.2) is 18.2 Å². The first kappa shape index (κ1) is 12.6. The lowest BCUT2D eigenvalue weighted by molar-refractivity contribution is 0.0728. The first-order valence-corrected chi connectivity index (χ1v) is 7.00. The quantitative estimate of drug-likeness (QED) is 0.728. The van der Waals surface area contributed by atoms with E-state index in [2.05, 4.69) is 15.9 Å². The number of benzene rings is 1. The van der Waals surface area contributed by atoms with Crippen LogP contribution in [0.4, 0.5) is 0 Å².